The monoisotopic (exact) mass is 537 g/mol. The Balaban J connectivity index is 1.51. The maximum absolute atomic E-state index is 12.6. The number of carboxylic acid groups (broad SMARTS) is 1. The zero-order valence-electron chi connectivity index (χ0n) is 23.3. The molecule has 0 radical (unpaired) electrons. The summed E-state index contributed by atoms with van der Waals surface area (Å²) in [6.07, 6.45) is 4.49. The smallest absolute Gasteiger partial charge is 0.352 e. The van der Waals surface area contributed by atoms with Gasteiger partial charge in [-0.15, -0.1) is 0 Å². The molecule has 2 saturated heterocycles. The number of fused-ring (bicyclic) bond motifs is 1. The van der Waals surface area contributed by atoms with Crippen LogP contribution in [-0.2, 0) is 0 Å². The minimum atomic E-state index is -0.898. The molecule has 0 spiro atoms. The Kier molecular flexibility index (Phi) is 7.63. The van der Waals surface area contributed by atoms with Crippen molar-refractivity contribution in [1.82, 2.24) is 15.2 Å². The van der Waals surface area contributed by atoms with Crippen molar-refractivity contribution in [3.05, 3.63) is 101 Å². The molecule has 3 heterocycles. The first-order valence-electron chi connectivity index (χ1n) is 14.7. The zero-order chi connectivity index (χ0) is 27.6. The Morgan fingerprint density at radius 2 is 1.55 bits per heavy atom. The van der Waals surface area contributed by atoms with Gasteiger partial charge in [0.1, 0.15) is 17.5 Å². The fraction of sp³-hybridized carbons (Fsp3) is 0.382. The highest BCUT2D eigenvalue weighted by Gasteiger charge is 2.30. The van der Waals surface area contributed by atoms with E-state index in [1.165, 1.54) is 6.42 Å². The summed E-state index contributed by atoms with van der Waals surface area (Å²) in [5.74, 6) is -0.150. The Bertz CT molecular complexity index is 1470. The molecule has 4 aromatic rings. The number of rotatable bonds is 9. The third kappa shape index (κ3) is 5.02. The van der Waals surface area contributed by atoms with Gasteiger partial charge in [0.2, 0.25) is 0 Å². The third-order valence-corrected chi connectivity index (χ3v) is 8.88. The fourth-order valence-electron chi connectivity index (χ4n) is 6.83. The van der Waals surface area contributed by atoms with Crippen LogP contribution in [0.15, 0.2) is 78.9 Å². The molecule has 0 amide bonds. The van der Waals surface area contributed by atoms with Gasteiger partial charge in [-0.2, -0.15) is 0 Å². The predicted octanol–water partition coefficient (Wildman–Crippen LogP) is 6.35. The Morgan fingerprint density at radius 1 is 0.875 bits per heavy atom. The van der Waals surface area contributed by atoms with E-state index >= 15 is 0 Å². The number of hydrogen-bond donors (Lipinski definition) is 3. The first kappa shape index (κ1) is 26.6. The average Bonchev–Trinajstić information content (AvgIpc) is 3.76. The minimum absolute atomic E-state index is 0.0203. The molecule has 0 saturated carbocycles. The standard InChI is InChI=1S/C34H39N3O3/c1-22(28-15-9-19-35-28)37-30-17-8-14-25(27(30)21-31(37)34(38)39)33(24-11-4-3-5-12-24)26-13-6-7-18-32(26)40-23(2)29-16-10-20-36-29/h3-8,11-14,17-18,21-23,28-29,33,35-36H,9-10,15-16,19-20H2,1-2H3,(H,38,39). The molecule has 2 aliphatic rings. The van der Waals surface area contributed by atoms with E-state index < -0.39 is 5.97 Å². The van der Waals surface area contributed by atoms with Gasteiger partial charge in [-0.05, 0) is 81.9 Å². The lowest BCUT2D eigenvalue weighted by Crippen LogP contribution is -2.36. The highest BCUT2D eigenvalue weighted by Crippen LogP contribution is 2.42. The van der Waals surface area contributed by atoms with E-state index in [1.54, 1.807) is 0 Å². The molecule has 5 atom stereocenters. The lowest BCUT2D eigenvalue weighted by molar-refractivity contribution is 0.0682. The summed E-state index contributed by atoms with van der Waals surface area (Å²) in [6, 6.07) is 27.6. The van der Waals surface area contributed by atoms with Crippen molar-refractivity contribution in [3.63, 3.8) is 0 Å². The molecule has 1 aromatic heterocycles. The van der Waals surface area contributed by atoms with Crippen LogP contribution < -0.4 is 15.4 Å². The summed E-state index contributed by atoms with van der Waals surface area (Å²) < 4.78 is 8.70. The Labute approximate surface area is 236 Å². The van der Waals surface area contributed by atoms with Crippen LogP contribution in [-0.4, -0.2) is 46.9 Å². The number of aromatic nitrogens is 1. The molecule has 40 heavy (non-hydrogen) atoms. The number of para-hydroxylation sites is 1. The fourth-order valence-corrected chi connectivity index (χ4v) is 6.83. The number of benzene rings is 3. The lowest BCUT2D eigenvalue weighted by Gasteiger charge is -2.27. The SMILES string of the molecule is CC(Oc1ccccc1C(c1ccccc1)c1cccc2c1cc(C(=O)O)n2C(C)C1CCCN1)C1CCCN1. The van der Waals surface area contributed by atoms with Crippen molar-refractivity contribution in [3.8, 4) is 5.75 Å². The molecule has 3 aromatic carbocycles. The second kappa shape index (κ2) is 11.5. The highest BCUT2D eigenvalue weighted by molar-refractivity contribution is 5.96. The molecule has 2 aliphatic heterocycles. The van der Waals surface area contributed by atoms with E-state index in [4.69, 9.17) is 4.74 Å². The summed E-state index contributed by atoms with van der Waals surface area (Å²) in [5, 5.41) is 18.4. The normalized spacial score (nSPS) is 21.4. The molecule has 0 bridgehead atoms. The number of hydrogen-bond acceptors (Lipinski definition) is 4. The molecule has 2 fully saturated rings. The van der Waals surface area contributed by atoms with Crippen LogP contribution in [0.3, 0.4) is 0 Å². The van der Waals surface area contributed by atoms with Crippen LogP contribution >= 0.6 is 0 Å². The molecule has 208 valence electrons. The van der Waals surface area contributed by atoms with Gasteiger partial charge >= 0.3 is 5.97 Å². The van der Waals surface area contributed by atoms with E-state index in [0.717, 1.165) is 65.7 Å². The van der Waals surface area contributed by atoms with Gasteiger partial charge in [0.05, 0.1) is 0 Å². The van der Waals surface area contributed by atoms with Crippen molar-refractivity contribution in [2.24, 2.45) is 0 Å². The maximum Gasteiger partial charge on any atom is 0.352 e. The number of nitrogens with one attached hydrogen (secondary N) is 2. The van der Waals surface area contributed by atoms with Crippen molar-refractivity contribution < 1.29 is 14.6 Å². The van der Waals surface area contributed by atoms with Gasteiger partial charge in [-0.25, -0.2) is 4.79 Å². The Morgan fingerprint density at radius 3 is 2.25 bits per heavy atom. The van der Waals surface area contributed by atoms with Crippen LogP contribution in [0, 0.1) is 0 Å². The number of aromatic carboxylic acids is 1. The van der Waals surface area contributed by atoms with Gasteiger partial charge in [-0.1, -0.05) is 60.7 Å². The Hall–Kier alpha value is -3.61. The van der Waals surface area contributed by atoms with Crippen molar-refractivity contribution in [1.29, 1.82) is 0 Å². The number of carbonyl (C=O) groups is 1. The second-order valence-electron chi connectivity index (χ2n) is 11.3. The van der Waals surface area contributed by atoms with E-state index in [2.05, 4.69) is 85.1 Å². The lowest BCUT2D eigenvalue weighted by atomic mass is 9.83. The molecule has 6 rings (SSSR count). The van der Waals surface area contributed by atoms with Crippen LogP contribution in [0.5, 0.6) is 5.75 Å². The summed E-state index contributed by atoms with van der Waals surface area (Å²) in [5.41, 5.74) is 4.60. The topological polar surface area (TPSA) is 75.5 Å². The van der Waals surface area contributed by atoms with Crippen LogP contribution in [0.25, 0.3) is 10.9 Å². The highest BCUT2D eigenvalue weighted by atomic mass is 16.5. The zero-order valence-corrected chi connectivity index (χ0v) is 23.3. The van der Waals surface area contributed by atoms with E-state index in [9.17, 15) is 9.90 Å². The molecular weight excluding hydrogens is 498 g/mol. The van der Waals surface area contributed by atoms with Crippen molar-refractivity contribution in [2.75, 3.05) is 13.1 Å². The average molecular weight is 538 g/mol. The molecular formula is C34H39N3O3. The number of nitrogens with zero attached hydrogens (tertiary/aromatic N) is 1. The molecule has 6 heteroatoms. The van der Waals surface area contributed by atoms with Gasteiger partial charge in [-0.3, -0.25) is 0 Å². The van der Waals surface area contributed by atoms with Gasteiger partial charge in [0, 0.05) is 40.5 Å². The van der Waals surface area contributed by atoms with Gasteiger partial charge < -0.3 is 25.0 Å². The van der Waals surface area contributed by atoms with Crippen LogP contribution in [0.4, 0.5) is 0 Å². The van der Waals surface area contributed by atoms with Crippen molar-refractivity contribution in [2.45, 2.75) is 69.7 Å². The molecule has 3 N–H and O–H groups in total. The summed E-state index contributed by atoms with van der Waals surface area (Å²) in [6.45, 7) is 6.30. The van der Waals surface area contributed by atoms with Gasteiger partial charge in [0.25, 0.3) is 0 Å². The van der Waals surface area contributed by atoms with Crippen LogP contribution in [0.1, 0.15) is 78.7 Å². The third-order valence-electron chi connectivity index (χ3n) is 8.88. The first-order valence-corrected chi connectivity index (χ1v) is 14.7. The van der Waals surface area contributed by atoms with E-state index in [1.807, 2.05) is 22.8 Å². The van der Waals surface area contributed by atoms with Gasteiger partial charge in [0.15, 0.2) is 0 Å². The summed E-state index contributed by atoms with van der Waals surface area (Å²) >= 11 is 0. The number of carboxylic acids is 1. The summed E-state index contributed by atoms with van der Waals surface area (Å²) in [4.78, 5) is 12.6. The van der Waals surface area contributed by atoms with E-state index in [0.29, 0.717) is 11.7 Å². The van der Waals surface area contributed by atoms with E-state index in [-0.39, 0.29) is 24.1 Å². The molecule has 6 nitrogen and oxygen atoms in total. The largest absolute Gasteiger partial charge is 0.489 e. The minimum Gasteiger partial charge on any atom is -0.489 e. The molecule has 0 aliphatic carbocycles. The molecule has 5 unspecified atom stereocenters. The maximum atomic E-state index is 12.6. The quantitative estimate of drug-likeness (QED) is 0.217. The first-order chi connectivity index (χ1) is 19.5. The van der Waals surface area contributed by atoms with Crippen LogP contribution in [0.2, 0.25) is 0 Å². The summed E-state index contributed by atoms with van der Waals surface area (Å²) in [7, 11) is 0. The van der Waals surface area contributed by atoms with Crippen molar-refractivity contribution >= 4 is 16.9 Å². The predicted molar refractivity (Wildman–Crippen MR) is 160 cm³/mol. The second-order valence-corrected chi connectivity index (χ2v) is 11.3. The number of ether oxygens (including phenoxy) is 1.